The lowest BCUT2D eigenvalue weighted by molar-refractivity contribution is 0.257. The Kier molecular flexibility index (Phi) is 4.16. The van der Waals surface area contributed by atoms with Crippen LogP contribution in [0.4, 0.5) is 4.79 Å². The molecule has 0 aromatic carbocycles. The van der Waals surface area contributed by atoms with Gasteiger partial charge in [0.15, 0.2) is 5.81 Å². The summed E-state index contributed by atoms with van der Waals surface area (Å²) in [6.07, 6.45) is 0. The largest absolute Gasteiger partial charge is 0.363 e. The van der Waals surface area contributed by atoms with Crippen LogP contribution in [0.25, 0.3) is 0 Å². The van der Waals surface area contributed by atoms with Gasteiger partial charge in [-0.15, -0.1) is 0 Å². The lowest BCUT2D eigenvalue weighted by Crippen LogP contribution is -2.33. The average molecular weight is 141 g/mol. The minimum Gasteiger partial charge on any atom is -0.363 e. The second kappa shape index (κ2) is 4.37. The molecule has 0 aliphatic rings. The zero-order valence-electron chi connectivity index (χ0n) is 7.27. The van der Waals surface area contributed by atoms with Crippen molar-refractivity contribution in [3.8, 4) is 0 Å². The van der Waals surface area contributed by atoms with Crippen LogP contribution in [-0.2, 0) is 0 Å². The van der Waals surface area contributed by atoms with Crippen molar-refractivity contribution >= 4 is 13.1 Å². The van der Waals surface area contributed by atoms with E-state index in [-0.39, 0.29) is 11.8 Å². The highest BCUT2D eigenvalue weighted by Crippen LogP contribution is 1.96. The van der Waals surface area contributed by atoms with Gasteiger partial charge in [0.1, 0.15) is 0 Å². The minimum absolute atomic E-state index is 0.157. The maximum Gasteiger partial charge on any atom is 0.236 e. The van der Waals surface area contributed by atoms with Crippen LogP contribution in [0.3, 0.4) is 0 Å². The van der Waals surface area contributed by atoms with E-state index in [1.54, 1.807) is 0 Å². The third kappa shape index (κ3) is 5.67. The molecule has 0 aliphatic heterocycles. The topological polar surface area (TPSA) is 29.1 Å². The Morgan fingerprint density at radius 3 is 2.10 bits per heavy atom. The van der Waals surface area contributed by atoms with Gasteiger partial charge in [-0.2, -0.15) is 0 Å². The number of hydrogen-bond acceptors (Lipinski definition) is 1. The van der Waals surface area contributed by atoms with Crippen molar-refractivity contribution in [3.05, 3.63) is 0 Å². The maximum absolute atomic E-state index is 11.0. The highest BCUT2D eigenvalue weighted by atomic mass is 16.1. The van der Waals surface area contributed by atoms with Crippen molar-refractivity contribution in [1.82, 2.24) is 5.32 Å². The molecule has 0 rings (SSSR count). The van der Waals surface area contributed by atoms with Crippen LogP contribution in [-0.4, -0.2) is 19.1 Å². The Hall–Kier alpha value is -0.465. The first kappa shape index (κ1) is 9.53. The zero-order chi connectivity index (χ0) is 8.15. The van der Waals surface area contributed by atoms with Gasteiger partial charge in [-0.1, -0.05) is 19.7 Å². The number of rotatable bonds is 3. The summed E-state index contributed by atoms with van der Waals surface area (Å²) in [5.41, 5.74) is 0. The lowest BCUT2D eigenvalue weighted by atomic mass is 9.65. The predicted molar refractivity (Wildman–Crippen MR) is 45.9 cm³/mol. The Morgan fingerprint density at radius 2 is 1.80 bits per heavy atom. The summed E-state index contributed by atoms with van der Waals surface area (Å²) in [5.74, 6) is 0.615. The van der Waals surface area contributed by atoms with E-state index in [1.165, 1.54) is 0 Å². The third-order valence-electron chi connectivity index (χ3n) is 1.04. The van der Waals surface area contributed by atoms with Crippen LogP contribution in [0.5, 0.6) is 0 Å². The van der Waals surface area contributed by atoms with Crippen LogP contribution in [0, 0.1) is 0 Å². The quantitative estimate of drug-likeness (QED) is 0.590. The first-order valence-corrected chi connectivity index (χ1v) is 3.81. The number of carbonyl (C=O) groups is 1. The van der Waals surface area contributed by atoms with Crippen LogP contribution in [0.1, 0.15) is 27.7 Å². The molecule has 0 unspecified atom stereocenters. The van der Waals surface area contributed by atoms with Crippen molar-refractivity contribution in [2.75, 3.05) is 0 Å². The van der Waals surface area contributed by atoms with E-state index >= 15 is 0 Å². The first-order chi connectivity index (χ1) is 4.52. The van der Waals surface area contributed by atoms with Crippen molar-refractivity contribution in [2.45, 2.75) is 39.6 Å². The third-order valence-corrected chi connectivity index (χ3v) is 1.04. The van der Waals surface area contributed by atoms with Gasteiger partial charge in [-0.05, 0) is 13.8 Å². The van der Waals surface area contributed by atoms with Crippen LogP contribution >= 0.6 is 0 Å². The van der Waals surface area contributed by atoms with E-state index in [0.717, 1.165) is 0 Å². The van der Waals surface area contributed by atoms with Gasteiger partial charge < -0.3 is 5.32 Å². The van der Waals surface area contributed by atoms with Crippen molar-refractivity contribution < 1.29 is 4.79 Å². The lowest BCUT2D eigenvalue weighted by Gasteiger charge is -2.08. The van der Waals surface area contributed by atoms with E-state index in [2.05, 4.69) is 5.32 Å². The number of amides is 1. The number of nitrogens with one attached hydrogen (secondary N) is 1. The zero-order valence-corrected chi connectivity index (χ0v) is 7.27. The maximum atomic E-state index is 11.0. The summed E-state index contributed by atoms with van der Waals surface area (Å²) >= 11 is 0. The molecule has 0 fully saturated rings. The molecule has 0 saturated carbocycles. The molecule has 3 heteroatoms. The molecule has 2 nitrogen and oxygen atoms in total. The molecular weight excluding hydrogens is 125 g/mol. The summed E-state index contributed by atoms with van der Waals surface area (Å²) in [6.45, 7) is 8.02. The van der Waals surface area contributed by atoms with Gasteiger partial charge in [0.2, 0.25) is 7.28 Å². The van der Waals surface area contributed by atoms with Gasteiger partial charge in [0.25, 0.3) is 0 Å². The van der Waals surface area contributed by atoms with E-state index < -0.39 is 0 Å². The minimum atomic E-state index is 0.157. The molecule has 58 valence electrons. The van der Waals surface area contributed by atoms with Crippen LogP contribution < -0.4 is 5.32 Å². The smallest absolute Gasteiger partial charge is 0.236 e. The van der Waals surface area contributed by atoms with E-state index in [4.69, 9.17) is 0 Å². The van der Waals surface area contributed by atoms with Crippen molar-refractivity contribution in [2.24, 2.45) is 0 Å². The molecule has 0 saturated heterocycles. The fraction of sp³-hybridized carbons (Fsp3) is 0.857. The highest BCUT2D eigenvalue weighted by molar-refractivity contribution is 6.74. The van der Waals surface area contributed by atoms with E-state index in [1.807, 2.05) is 27.7 Å². The summed E-state index contributed by atoms with van der Waals surface area (Å²) in [4.78, 5) is 11.0. The van der Waals surface area contributed by atoms with Crippen LogP contribution in [0.15, 0.2) is 0 Å². The second-order valence-electron chi connectivity index (χ2n) is 3.32. The molecule has 0 aromatic heterocycles. The van der Waals surface area contributed by atoms with Crippen molar-refractivity contribution in [3.63, 3.8) is 0 Å². The van der Waals surface area contributed by atoms with Gasteiger partial charge in [-0.25, -0.2) is 0 Å². The van der Waals surface area contributed by atoms with Gasteiger partial charge >= 0.3 is 0 Å². The molecule has 1 amide bonds. The van der Waals surface area contributed by atoms with Crippen LogP contribution in [0.2, 0.25) is 5.82 Å². The second-order valence-corrected chi connectivity index (χ2v) is 3.32. The van der Waals surface area contributed by atoms with E-state index in [9.17, 15) is 4.79 Å². The first-order valence-electron chi connectivity index (χ1n) is 3.81. The monoisotopic (exact) mass is 141 g/mol. The SMILES string of the molecule is CC(C)BC(=O)NC(C)C. The summed E-state index contributed by atoms with van der Waals surface area (Å²) in [5, 5.41) is 2.84. The normalized spacial score (nSPS) is 10.2. The highest BCUT2D eigenvalue weighted by Gasteiger charge is 2.07. The molecule has 0 bridgehead atoms. The Morgan fingerprint density at radius 1 is 1.30 bits per heavy atom. The Bertz CT molecular complexity index is 100. The van der Waals surface area contributed by atoms with Gasteiger partial charge in [0, 0.05) is 6.04 Å². The molecule has 0 spiro atoms. The Balaban J connectivity index is 3.44. The number of carbonyl (C=O) groups excluding carboxylic acids is 1. The summed E-state index contributed by atoms with van der Waals surface area (Å²) < 4.78 is 0. The summed E-state index contributed by atoms with van der Waals surface area (Å²) in [6, 6.07) is 0.270. The standard InChI is InChI=1S/C7H16BNO/c1-5(2)8-7(10)9-6(3)4/h5-6,8H,1-4H3,(H,9,10). The molecule has 0 aliphatic carbocycles. The average Bonchev–Trinajstić information content (AvgIpc) is 1.58. The molecule has 1 N–H and O–H groups in total. The van der Waals surface area contributed by atoms with E-state index in [0.29, 0.717) is 13.1 Å². The molecular formula is C7H16BNO. The van der Waals surface area contributed by atoms with Crippen molar-refractivity contribution in [1.29, 1.82) is 0 Å². The van der Waals surface area contributed by atoms with Gasteiger partial charge in [0.05, 0.1) is 0 Å². The Labute approximate surface area is 63.6 Å². The fourth-order valence-corrected chi connectivity index (χ4v) is 0.752. The fourth-order valence-electron chi connectivity index (χ4n) is 0.752. The molecule has 10 heavy (non-hydrogen) atoms. The predicted octanol–water partition coefficient (Wildman–Crippen LogP) is 1.37. The van der Waals surface area contributed by atoms with Gasteiger partial charge in [-0.3, -0.25) is 4.79 Å². The molecule has 0 atom stereocenters. The number of hydrogen-bond donors (Lipinski definition) is 1. The molecule has 0 heterocycles. The molecule has 0 aromatic rings. The summed E-state index contributed by atoms with van der Waals surface area (Å²) in [7, 11) is 0.637. The molecule has 0 radical (unpaired) electrons.